The van der Waals surface area contributed by atoms with E-state index in [1.54, 1.807) is 24.3 Å². The van der Waals surface area contributed by atoms with Crippen molar-refractivity contribution in [3.05, 3.63) is 185 Å². The van der Waals surface area contributed by atoms with Crippen molar-refractivity contribution in [2.24, 2.45) is 0 Å². The maximum absolute atomic E-state index is 12.9. The average molecular weight is 910 g/mol. The van der Waals surface area contributed by atoms with Crippen LogP contribution in [-0.2, 0) is 29.0 Å². The molecule has 2 saturated heterocycles. The number of carbonyl (C=O) groups is 3. The van der Waals surface area contributed by atoms with Crippen LogP contribution in [0, 0.1) is 6.92 Å². The highest BCUT2D eigenvalue weighted by atomic mass is 16.5. The van der Waals surface area contributed by atoms with E-state index in [-0.39, 0.29) is 24.8 Å². The van der Waals surface area contributed by atoms with Gasteiger partial charge in [0, 0.05) is 62.3 Å². The zero-order chi connectivity index (χ0) is 47.2. The van der Waals surface area contributed by atoms with E-state index in [0.29, 0.717) is 37.7 Å². The second kappa shape index (κ2) is 23.0. The lowest BCUT2D eigenvalue weighted by atomic mass is 10.00. The van der Waals surface area contributed by atoms with Crippen LogP contribution in [0.4, 0.5) is 10.5 Å². The second-order valence-electron chi connectivity index (χ2n) is 17.4. The number of hydrogen-bond acceptors (Lipinski definition) is 6. The number of hydrogen-bond donors (Lipinski definition) is 1. The van der Waals surface area contributed by atoms with Crippen molar-refractivity contribution in [3.63, 3.8) is 0 Å². The summed E-state index contributed by atoms with van der Waals surface area (Å²) in [4.78, 5) is 42.3. The van der Waals surface area contributed by atoms with Gasteiger partial charge in [-0.1, -0.05) is 117 Å². The Morgan fingerprint density at radius 2 is 1.21 bits per heavy atom. The monoisotopic (exact) mass is 909 g/mol. The molecule has 0 spiro atoms. The van der Waals surface area contributed by atoms with Crippen molar-refractivity contribution >= 4 is 34.4 Å². The highest BCUT2D eigenvalue weighted by molar-refractivity contribution is 6.05. The van der Waals surface area contributed by atoms with E-state index in [0.717, 1.165) is 57.6 Å². The molecule has 7 aromatic rings. The number of benzene rings is 6. The SMILES string of the molecule is CC.Cc1c(-c2ccc(Cc3ccccc3)cc2)n(Cc2ccc(OCCCCN3CCN(C(=O)COc4ccc(N5CCC(=O)NC5=O)cc4)CC3)cc2)c2ccc(Cc3ccccc3)cc12. The van der Waals surface area contributed by atoms with E-state index in [1.165, 1.54) is 60.4 Å². The molecule has 68 heavy (non-hydrogen) atoms. The van der Waals surface area contributed by atoms with Crippen molar-refractivity contribution < 1.29 is 23.9 Å². The summed E-state index contributed by atoms with van der Waals surface area (Å²) in [5.74, 6) is 1.12. The predicted molar refractivity (Wildman–Crippen MR) is 273 cm³/mol. The van der Waals surface area contributed by atoms with Gasteiger partial charge in [0.15, 0.2) is 6.61 Å². The van der Waals surface area contributed by atoms with Crippen LogP contribution >= 0.6 is 0 Å². The first kappa shape index (κ1) is 47.3. The molecule has 1 N–H and O–H groups in total. The number of aromatic nitrogens is 1. The van der Waals surface area contributed by atoms with Gasteiger partial charge in [-0.05, 0) is 127 Å². The second-order valence-corrected chi connectivity index (χ2v) is 17.4. The first-order valence-electron chi connectivity index (χ1n) is 24.2. The van der Waals surface area contributed by atoms with Gasteiger partial charge in [0.2, 0.25) is 5.91 Å². The normalized spacial score (nSPS) is 14.0. The number of nitrogens with zero attached hydrogens (tertiary/aromatic N) is 4. The van der Waals surface area contributed by atoms with Gasteiger partial charge in [-0.15, -0.1) is 0 Å². The van der Waals surface area contributed by atoms with Crippen molar-refractivity contribution in [2.45, 2.75) is 59.4 Å². The third-order valence-corrected chi connectivity index (χ3v) is 12.8. The Kier molecular flexibility index (Phi) is 16.0. The largest absolute Gasteiger partial charge is 0.494 e. The number of piperazine rings is 1. The number of unbranched alkanes of at least 4 members (excludes halogenated alkanes) is 1. The number of urea groups is 1. The maximum Gasteiger partial charge on any atom is 0.328 e. The summed E-state index contributed by atoms with van der Waals surface area (Å²) >= 11 is 0. The fraction of sp³-hybridized carbons (Fsp3) is 0.293. The quantitative estimate of drug-likeness (QED) is 0.0915. The molecule has 1 aromatic heterocycles. The smallest absolute Gasteiger partial charge is 0.328 e. The molecule has 2 aliphatic rings. The Labute approximate surface area is 401 Å². The molecule has 0 atom stereocenters. The molecule has 2 aliphatic heterocycles. The van der Waals surface area contributed by atoms with Crippen molar-refractivity contribution in [1.82, 2.24) is 19.7 Å². The van der Waals surface area contributed by atoms with Crippen LogP contribution < -0.4 is 19.7 Å². The summed E-state index contributed by atoms with van der Waals surface area (Å²) in [7, 11) is 0. The molecule has 10 nitrogen and oxygen atoms in total. The molecule has 4 amide bonds. The lowest BCUT2D eigenvalue weighted by Gasteiger charge is -2.34. The van der Waals surface area contributed by atoms with Gasteiger partial charge in [-0.2, -0.15) is 0 Å². The number of ether oxygens (including phenoxy) is 2. The summed E-state index contributed by atoms with van der Waals surface area (Å²) in [6.07, 6.45) is 4.04. The Morgan fingerprint density at radius 1 is 0.618 bits per heavy atom. The zero-order valence-corrected chi connectivity index (χ0v) is 39.7. The van der Waals surface area contributed by atoms with E-state index in [1.807, 2.05) is 18.7 Å². The molecular weight excluding hydrogens is 847 g/mol. The highest BCUT2D eigenvalue weighted by Crippen LogP contribution is 2.36. The van der Waals surface area contributed by atoms with Crippen LogP contribution in [0.15, 0.2) is 152 Å². The number of nitrogens with one attached hydrogen (secondary N) is 1. The van der Waals surface area contributed by atoms with Crippen LogP contribution in [0.1, 0.15) is 66.5 Å². The van der Waals surface area contributed by atoms with Crippen molar-refractivity contribution in [3.8, 4) is 22.8 Å². The topological polar surface area (TPSA) is 96.3 Å². The van der Waals surface area contributed by atoms with Gasteiger partial charge < -0.3 is 18.9 Å². The van der Waals surface area contributed by atoms with Gasteiger partial charge in [0.1, 0.15) is 11.5 Å². The summed E-state index contributed by atoms with van der Waals surface area (Å²) < 4.78 is 14.5. The molecule has 0 saturated carbocycles. The van der Waals surface area contributed by atoms with Crippen LogP contribution in [0.25, 0.3) is 22.2 Å². The minimum atomic E-state index is -0.432. The van der Waals surface area contributed by atoms with E-state index < -0.39 is 6.03 Å². The molecule has 9 rings (SSSR count). The molecule has 0 radical (unpaired) electrons. The predicted octanol–water partition coefficient (Wildman–Crippen LogP) is 10.7. The first-order valence-corrected chi connectivity index (χ1v) is 24.2. The molecular formula is C58H63N5O5. The number of rotatable bonds is 17. The lowest BCUT2D eigenvalue weighted by molar-refractivity contribution is -0.135. The Morgan fingerprint density at radius 3 is 1.87 bits per heavy atom. The number of fused-ring (bicyclic) bond motifs is 1. The maximum atomic E-state index is 12.9. The standard InChI is InChI=1S/C56H57N5O5.C2H6/c1-41-51-38-46(37-43-12-6-3-7-13-43)18-27-52(51)61(55(41)47-19-14-44(15-20-47)36-42-10-4-2-5-11-42)39-45-16-23-49(24-17-45)65-35-9-8-29-58-31-33-59(34-32-58)54(63)40-66-50-25-21-48(22-26-50)60-30-28-53(62)57-56(60)64;1-2/h2-7,10-27,38H,8-9,28-37,39-40H2,1H3,(H,57,62,64);1-2H3. The lowest BCUT2D eigenvalue weighted by Crippen LogP contribution is -2.50. The van der Waals surface area contributed by atoms with Crippen LogP contribution in [-0.4, -0.2) is 84.7 Å². The fourth-order valence-corrected chi connectivity index (χ4v) is 9.15. The third-order valence-electron chi connectivity index (χ3n) is 12.8. The number of aryl methyl sites for hydroxylation is 1. The van der Waals surface area contributed by atoms with Gasteiger partial charge >= 0.3 is 6.03 Å². The van der Waals surface area contributed by atoms with E-state index in [9.17, 15) is 14.4 Å². The van der Waals surface area contributed by atoms with E-state index in [2.05, 4.69) is 149 Å². The van der Waals surface area contributed by atoms with Crippen molar-refractivity contribution in [2.75, 3.05) is 57.4 Å². The molecule has 0 aliphatic carbocycles. The number of imide groups is 1. The van der Waals surface area contributed by atoms with Crippen molar-refractivity contribution in [1.29, 1.82) is 0 Å². The summed E-state index contributed by atoms with van der Waals surface area (Å²) in [6, 6.07) is 52.5. The molecule has 0 unspecified atom stereocenters. The number of anilines is 1. The zero-order valence-electron chi connectivity index (χ0n) is 39.7. The van der Waals surface area contributed by atoms with Crippen LogP contribution in [0.5, 0.6) is 11.5 Å². The average Bonchev–Trinajstić information content (AvgIpc) is 3.64. The molecule has 3 heterocycles. The Hall–Kier alpha value is -7.17. The molecule has 2 fully saturated rings. The van der Waals surface area contributed by atoms with E-state index in [4.69, 9.17) is 9.47 Å². The molecule has 10 heteroatoms. The number of carbonyl (C=O) groups excluding carboxylic acids is 3. The van der Waals surface area contributed by atoms with E-state index >= 15 is 0 Å². The van der Waals surface area contributed by atoms with Gasteiger partial charge in [0.25, 0.3) is 5.91 Å². The minimum absolute atomic E-state index is 0.0399. The number of amides is 4. The minimum Gasteiger partial charge on any atom is -0.494 e. The summed E-state index contributed by atoms with van der Waals surface area (Å²) in [5, 5.41) is 3.62. The van der Waals surface area contributed by atoms with Crippen LogP contribution in [0.2, 0.25) is 0 Å². The Balaban J connectivity index is 0.00000308. The fourth-order valence-electron chi connectivity index (χ4n) is 9.15. The summed E-state index contributed by atoms with van der Waals surface area (Å²) in [5.41, 5.74) is 12.1. The molecule has 6 aromatic carbocycles. The molecule has 0 bridgehead atoms. The summed E-state index contributed by atoms with van der Waals surface area (Å²) in [6.45, 7) is 11.9. The highest BCUT2D eigenvalue weighted by Gasteiger charge is 2.25. The Bertz CT molecular complexity index is 2750. The first-order chi connectivity index (χ1) is 33.3. The van der Waals surface area contributed by atoms with Crippen LogP contribution in [0.3, 0.4) is 0 Å². The van der Waals surface area contributed by atoms with Gasteiger partial charge in [-0.25, -0.2) is 4.79 Å². The third kappa shape index (κ3) is 12.0. The van der Waals surface area contributed by atoms with Gasteiger partial charge in [-0.3, -0.25) is 24.7 Å². The van der Waals surface area contributed by atoms with Gasteiger partial charge in [0.05, 0.1) is 12.3 Å². The molecule has 350 valence electrons.